The van der Waals surface area contributed by atoms with Crippen LogP contribution in [0.5, 0.6) is 17.2 Å². The molecule has 0 spiro atoms. The zero-order valence-electron chi connectivity index (χ0n) is 15.2. The van der Waals surface area contributed by atoms with E-state index in [1.54, 1.807) is 43.3 Å². The highest BCUT2D eigenvalue weighted by molar-refractivity contribution is 8.01. The third kappa shape index (κ3) is 4.45. The van der Waals surface area contributed by atoms with Crippen molar-refractivity contribution in [3.05, 3.63) is 53.1 Å². The number of thioether (sulfide) groups is 1. The van der Waals surface area contributed by atoms with Gasteiger partial charge in [-0.25, -0.2) is 5.01 Å². The van der Waals surface area contributed by atoms with Crippen molar-refractivity contribution in [1.29, 1.82) is 0 Å². The summed E-state index contributed by atoms with van der Waals surface area (Å²) in [6.45, 7) is 1.52. The SMILES string of the molecule is COc1cc(C2SC(C)C(=O)N2NC(=O)COc2ccc(Cl)cc2)ccc1O. The average molecular weight is 423 g/mol. The van der Waals surface area contributed by atoms with Crippen LogP contribution < -0.4 is 14.9 Å². The summed E-state index contributed by atoms with van der Waals surface area (Å²) >= 11 is 7.20. The normalized spacial score (nSPS) is 18.8. The van der Waals surface area contributed by atoms with Gasteiger partial charge < -0.3 is 14.6 Å². The van der Waals surface area contributed by atoms with Gasteiger partial charge in [-0.2, -0.15) is 0 Å². The Morgan fingerprint density at radius 3 is 2.68 bits per heavy atom. The van der Waals surface area contributed by atoms with Crippen LogP contribution in [0.15, 0.2) is 42.5 Å². The summed E-state index contributed by atoms with van der Waals surface area (Å²) in [5.74, 6) is 0.105. The van der Waals surface area contributed by atoms with Gasteiger partial charge in [0, 0.05) is 5.02 Å². The Balaban J connectivity index is 1.70. The number of methoxy groups -OCH3 is 1. The third-order valence-electron chi connectivity index (χ3n) is 4.07. The van der Waals surface area contributed by atoms with Crippen molar-refractivity contribution in [2.75, 3.05) is 13.7 Å². The lowest BCUT2D eigenvalue weighted by Crippen LogP contribution is -2.47. The molecule has 0 aliphatic carbocycles. The number of phenols is 1. The number of ether oxygens (including phenoxy) is 2. The molecule has 0 aromatic heterocycles. The number of nitrogens with one attached hydrogen (secondary N) is 1. The Morgan fingerprint density at radius 1 is 1.29 bits per heavy atom. The van der Waals surface area contributed by atoms with Gasteiger partial charge in [-0.15, -0.1) is 11.8 Å². The van der Waals surface area contributed by atoms with E-state index < -0.39 is 11.3 Å². The minimum atomic E-state index is -0.464. The molecule has 2 N–H and O–H groups in total. The Morgan fingerprint density at radius 2 is 2.00 bits per heavy atom. The number of benzene rings is 2. The average Bonchev–Trinajstić information content (AvgIpc) is 2.96. The molecule has 0 saturated carbocycles. The predicted molar refractivity (Wildman–Crippen MR) is 106 cm³/mol. The molecule has 1 heterocycles. The zero-order chi connectivity index (χ0) is 20.3. The number of hydrogen-bond acceptors (Lipinski definition) is 6. The molecule has 7 nitrogen and oxygen atoms in total. The minimum absolute atomic E-state index is 0.000530. The number of carbonyl (C=O) groups is 2. The van der Waals surface area contributed by atoms with Crippen molar-refractivity contribution in [3.63, 3.8) is 0 Å². The molecule has 2 unspecified atom stereocenters. The molecule has 1 aliphatic heterocycles. The number of amides is 2. The smallest absolute Gasteiger partial charge is 0.276 e. The molecule has 1 fully saturated rings. The maximum Gasteiger partial charge on any atom is 0.276 e. The van der Waals surface area contributed by atoms with Crippen molar-refractivity contribution in [3.8, 4) is 17.2 Å². The molecule has 9 heteroatoms. The second-order valence-electron chi connectivity index (χ2n) is 6.05. The predicted octanol–water partition coefficient (Wildman–Crippen LogP) is 3.13. The fraction of sp³-hybridized carbons (Fsp3) is 0.263. The van der Waals surface area contributed by atoms with Crippen LogP contribution in [0.2, 0.25) is 5.02 Å². The number of carbonyl (C=O) groups excluding carboxylic acids is 2. The number of rotatable bonds is 6. The van der Waals surface area contributed by atoms with Crippen molar-refractivity contribution >= 4 is 35.2 Å². The van der Waals surface area contributed by atoms with Gasteiger partial charge in [0.2, 0.25) is 0 Å². The molecular formula is C19H19ClN2O5S. The van der Waals surface area contributed by atoms with Crippen LogP contribution in [0.4, 0.5) is 0 Å². The Bertz CT molecular complexity index is 877. The van der Waals surface area contributed by atoms with Crippen molar-refractivity contribution in [2.24, 2.45) is 0 Å². The highest BCUT2D eigenvalue weighted by Gasteiger charge is 2.40. The van der Waals surface area contributed by atoms with Gasteiger partial charge in [0.1, 0.15) is 11.1 Å². The Kier molecular flexibility index (Phi) is 6.21. The molecule has 0 bridgehead atoms. The van der Waals surface area contributed by atoms with E-state index >= 15 is 0 Å². The minimum Gasteiger partial charge on any atom is -0.504 e. The molecule has 2 aromatic carbocycles. The lowest BCUT2D eigenvalue weighted by Gasteiger charge is -2.25. The molecule has 1 saturated heterocycles. The lowest BCUT2D eigenvalue weighted by molar-refractivity contribution is -0.141. The van der Waals surface area contributed by atoms with E-state index in [1.807, 2.05) is 0 Å². The van der Waals surface area contributed by atoms with Crippen molar-refractivity contribution in [2.45, 2.75) is 17.5 Å². The zero-order valence-corrected chi connectivity index (χ0v) is 16.8. The fourth-order valence-corrected chi connectivity index (χ4v) is 3.98. The molecular weight excluding hydrogens is 404 g/mol. The summed E-state index contributed by atoms with van der Waals surface area (Å²) in [5.41, 5.74) is 3.33. The molecule has 148 valence electrons. The molecule has 2 aromatic rings. The summed E-state index contributed by atoms with van der Waals surface area (Å²) in [7, 11) is 1.45. The standard InChI is InChI=1S/C19H19ClN2O5S/c1-11-18(25)22(19(28-11)12-3-8-15(23)16(9-12)26-2)21-17(24)10-27-14-6-4-13(20)5-7-14/h3-9,11,19,23H,10H2,1-2H3,(H,21,24). The third-order valence-corrected chi connectivity index (χ3v) is 5.67. The van der Waals surface area contributed by atoms with Gasteiger partial charge in [-0.1, -0.05) is 17.7 Å². The topological polar surface area (TPSA) is 88.1 Å². The molecule has 2 amide bonds. The van der Waals surface area contributed by atoms with Gasteiger partial charge >= 0.3 is 0 Å². The first-order valence-corrected chi connectivity index (χ1v) is 9.74. The summed E-state index contributed by atoms with van der Waals surface area (Å²) in [5, 5.41) is 10.9. The van der Waals surface area contributed by atoms with Crippen LogP contribution in [0.25, 0.3) is 0 Å². The van der Waals surface area contributed by atoms with Crippen LogP contribution in [0, 0.1) is 0 Å². The first kappa shape index (κ1) is 20.2. The van der Waals surface area contributed by atoms with E-state index in [1.165, 1.54) is 29.9 Å². The van der Waals surface area contributed by atoms with Crippen molar-refractivity contribution < 1.29 is 24.2 Å². The number of nitrogens with zero attached hydrogens (tertiary/aromatic N) is 1. The number of halogens is 1. The molecule has 2 atom stereocenters. The van der Waals surface area contributed by atoms with E-state index in [0.29, 0.717) is 16.5 Å². The largest absolute Gasteiger partial charge is 0.504 e. The highest BCUT2D eigenvalue weighted by atomic mass is 35.5. The monoisotopic (exact) mass is 422 g/mol. The number of aromatic hydroxyl groups is 1. The molecule has 3 rings (SSSR count). The first-order valence-electron chi connectivity index (χ1n) is 8.42. The summed E-state index contributed by atoms with van der Waals surface area (Å²) in [4.78, 5) is 24.8. The van der Waals surface area contributed by atoms with Gasteiger partial charge in [0.15, 0.2) is 18.1 Å². The van der Waals surface area contributed by atoms with Crippen LogP contribution in [0.3, 0.4) is 0 Å². The van der Waals surface area contributed by atoms with Gasteiger partial charge in [-0.3, -0.25) is 15.0 Å². The summed E-state index contributed by atoms with van der Waals surface area (Å²) < 4.78 is 10.6. The fourth-order valence-electron chi connectivity index (χ4n) is 2.66. The summed E-state index contributed by atoms with van der Waals surface area (Å²) in [6.07, 6.45) is 0. The van der Waals surface area contributed by atoms with Crippen LogP contribution in [-0.4, -0.2) is 40.9 Å². The number of phenolic OH excluding ortho intramolecular Hbond substituents is 1. The van der Waals surface area contributed by atoms with Gasteiger partial charge in [-0.05, 0) is 48.9 Å². The van der Waals surface area contributed by atoms with Gasteiger partial charge in [0.05, 0.1) is 12.4 Å². The number of hydrogen-bond donors (Lipinski definition) is 2. The Hall–Kier alpha value is -2.58. The second kappa shape index (κ2) is 8.62. The Labute approximate surface area is 171 Å². The number of hydrazine groups is 1. The maximum absolute atomic E-state index is 12.5. The van der Waals surface area contributed by atoms with Crippen LogP contribution in [0.1, 0.15) is 17.9 Å². The van der Waals surface area contributed by atoms with E-state index in [9.17, 15) is 14.7 Å². The maximum atomic E-state index is 12.5. The molecule has 0 radical (unpaired) electrons. The van der Waals surface area contributed by atoms with Crippen molar-refractivity contribution in [1.82, 2.24) is 10.4 Å². The van der Waals surface area contributed by atoms with Crippen LogP contribution in [-0.2, 0) is 9.59 Å². The lowest BCUT2D eigenvalue weighted by atomic mass is 10.2. The van der Waals surface area contributed by atoms with E-state index in [0.717, 1.165) is 5.56 Å². The highest BCUT2D eigenvalue weighted by Crippen LogP contribution is 2.43. The first-order chi connectivity index (χ1) is 13.4. The van der Waals surface area contributed by atoms with E-state index in [2.05, 4.69) is 5.43 Å². The van der Waals surface area contributed by atoms with Gasteiger partial charge in [0.25, 0.3) is 11.8 Å². The quantitative estimate of drug-likeness (QED) is 0.743. The van der Waals surface area contributed by atoms with E-state index in [4.69, 9.17) is 21.1 Å². The molecule has 1 aliphatic rings. The molecule has 28 heavy (non-hydrogen) atoms. The van der Waals surface area contributed by atoms with Crippen LogP contribution >= 0.6 is 23.4 Å². The second-order valence-corrected chi connectivity index (χ2v) is 7.91. The summed E-state index contributed by atoms with van der Waals surface area (Å²) in [6, 6.07) is 11.4. The van der Waals surface area contributed by atoms with E-state index in [-0.39, 0.29) is 23.5 Å².